The van der Waals surface area contributed by atoms with Gasteiger partial charge >= 0.3 is 5.97 Å². The van der Waals surface area contributed by atoms with Crippen LogP contribution in [0.5, 0.6) is 0 Å². The Morgan fingerprint density at radius 2 is 1.56 bits per heavy atom. The first kappa shape index (κ1) is 22.1. The number of aliphatic hydroxyl groups is 1. The molecule has 0 fully saturated rings. The predicted molar refractivity (Wildman–Crippen MR) is 96.4 cm³/mol. The highest BCUT2D eigenvalue weighted by atomic mass is 16.4. The summed E-state index contributed by atoms with van der Waals surface area (Å²) < 4.78 is 0. The number of nitrogens with one attached hydrogen (secondary N) is 3. The van der Waals surface area contributed by atoms with Crippen molar-refractivity contribution in [1.82, 2.24) is 16.0 Å². The van der Waals surface area contributed by atoms with Gasteiger partial charge in [0.15, 0.2) is 0 Å². The Hall–Kier alpha value is -2.94. The van der Waals surface area contributed by atoms with Crippen molar-refractivity contribution >= 4 is 23.7 Å². The Morgan fingerprint density at radius 1 is 0.963 bits per heavy atom. The summed E-state index contributed by atoms with van der Waals surface area (Å²) in [6.45, 7) is 3.83. The van der Waals surface area contributed by atoms with E-state index in [4.69, 9.17) is 0 Å². The molecule has 0 aliphatic rings. The van der Waals surface area contributed by atoms with Crippen LogP contribution in [0.1, 0.15) is 32.4 Å². The second-order valence-electron chi connectivity index (χ2n) is 6.36. The zero-order valence-corrected chi connectivity index (χ0v) is 15.4. The number of hydrogen-bond donors (Lipinski definition) is 5. The fraction of sp³-hybridized carbons (Fsp3) is 0.444. The minimum Gasteiger partial charge on any atom is -0.480 e. The number of hydrogen-bond acceptors (Lipinski definition) is 5. The van der Waals surface area contributed by atoms with E-state index >= 15 is 0 Å². The lowest BCUT2D eigenvalue weighted by Crippen LogP contribution is -2.53. The van der Waals surface area contributed by atoms with Crippen molar-refractivity contribution in [2.24, 2.45) is 5.92 Å². The standard InChI is InChI=1S/C18H25N3O6/c1-10(2)14(18(26)27)20-17(25)15(12-7-5-4-6-8-12)21-16(24)13(9-22)19-11(3)23/h4-8,10,13-15,22H,9H2,1-3H3,(H,19,23)(H,20,25)(H,21,24)(H,26,27)/t13-,14-,15-/m0/s1. The molecule has 0 saturated carbocycles. The van der Waals surface area contributed by atoms with Gasteiger partial charge in [-0.25, -0.2) is 4.79 Å². The predicted octanol–water partition coefficient (Wildman–Crippen LogP) is -0.434. The molecular weight excluding hydrogens is 354 g/mol. The number of carbonyl (C=O) groups excluding carboxylic acids is 3. The van der Waals surface area contributed by atoms with Crippen molar-refractivity contribution in [2.75, 3.05) is 6.61 Å². The van der Waals surface area contributed by atoms with E-state index in [1.165, 1.54) is 6.92 Å². The first-order valence-electron chi connectivity index (χ1n) is 8.43. The van der Waals surface area contributed by atoms with Crippen molar-refractivity contribution in [3.05, 3.63) is 35.9 Å². The lowest BCUT2D eigenvalue weighted by atomic mass is 10.0. The minimum atomic E-state index is -1.23. The molecule has 3 atom stereocenters. The van der Waals surface area contributed by atoms with E-state index in [9.17, 15) is 29.4 Å². The van der Waals surface area contributed by atoms with E-state index in [-0.39, 0.29) is 5.92 Å². The largest absolute Gasteiger partial charge is 0.480 e. The SMILES string of the molecule is CC(=O)N[C@@H](CO)C(=O)N[C@H](C(=O)N[C@H](C(=O)O)C(C)C)c1ccccc1. The van der Waals surface area contributed by atoms with Gasteiger partial charge in [0.1, 0.15) is 18.1 Å². The van der Waals surface area contributed by atoms with Gasteiger partial charge in [-0.15, -0.1) is 0 Å². The van der Waals surface area contributed by atoms with Crippen molar-refractivity contribution in [2.45, 2.75) is 38.9 Å². The van der Waals surface area contributed by atoms with Crippen LogP contribution in [-0.4, -0.2) is 52.6 Å². The highest BCUT2D eigenvalue weighted by Gasteiger charge is 2.31. The number of aliphatic carboxylic acids is 1. The second kappa shape index (κ2) is 10.3. The van der Waals surface area contributed by atoms with E-state index in [2.05, 4.69) is 16.0 Å². The summed E-state index contributed by atoms with van der Waals surface area (Å²) in [5.41, 5.74) is 0.427. The molecule has 0 aliphatic heterocycles. The van der Waals surface area contributed by atoms with E-state index in [1.54, 1.807) is 44.2 Å². The highest BCUT2D eigenvalue weighted by molar-refractivity contribution is 5.93. The monoisotopic (exact) mass is 379 g/mol. The van der Waals surface area contributed by atoms with Gasteiger partial charge in [0.2, 0.25) is 17.7 Å². The number of rotatable bonds is 9. The number of carboxylic acids is 1. The molecule has 1 aromatic rings. The topological polar surface area (TPSA) is 145 Å². The molecule has 27 heavy (non-hydrogen) atoms. The summed E-state index contributed by atoms with van der Waals surface area (Å²) in [6.07, 6.45) is 0. The third-order valence-electron chi connectivity index (χ3n) is 3.79. The van der Waals surface area contributed by atoms with Gasteiger partial charge < -0.3 is 26.2 Å². The average molecular weight is 379 g/mol. The fourth-order valence-electron chi connectivity index (χ4n) is 2.38. The molecule has 148 valence electrons. The summed E-state index contributed by atoms with van der Waals surface area (Å²) in [7, 11) is 0. The number of carboxylic acid groups (broad SMARTS) is 1. The maximum atomic E-state index is 12.7. The summed E-state index contributed by atoms with van der Waals surface area (Å²) in [5, 5.41) is 25.7. The molecule has 3 amide bonds. The minimum absolute atomic E-state index is 0.372. The van der Waals surface area contributed by atoms with E-state index in [1.807, 2.05) is 0 Å². The van der Waals surface area contributed by atoms with E-state index in [0.717, 1.165) is 0 Å². The van der Waals surface area contributed by atoms with Gasteiger partial charge in [-0.05, 0) is 11.5 Å². The zero-order valence-electron chi connectivity index (χ0n) is 15.4. The van der Waals surface area contributed by atoms with E-state index in [0.29, 0.717) is 5.56 Å². The lowest BCUT2D eigenvalue weighted by molar-refractivity contribution is -0.143. The summed E-state index contributed by atoms with van der Waals surface area (Å²) in [4.78, 5) is 47.6. The zero-order chi connectivity index (χ0) is 20.6. The molecule has 9 nitrogen and oxygen atoms in total. The lowest BCUT2D eigenvalue weighted by Gasteiger charge is -2.25. The molecule has 0 heterocycles. The van der Waals surface area contributed by atoms with Crippen molar-refractivity contribution in [3.8, 4) is 0 Å². The van der Waals surface area contributed by atoms with Crippen LogP contribution in [0.2, 0.25) is 0 Å². The molecule has 0 aliphatic carbocycles. The summed E-state index contributed by atoms with van der Waals surface area (Å²) >= 11 is 0. The average Bonchev–Trinajstić information content (AvgIpc) is 2.61. The maximum absolute atomic E-state index is 12.7. The quantitative estimate of drug-likeness (QED) is 0.394. The number of amides is 3. The normalized spacial score (nSPS) is 14.0. The number of aliphatic hydroxyl groups excluding tert-OH is 1. The van der Waals surface area contributed by atoms with Crippen molar-refractivity contribution in [3.63, 3.8) is 0 Å². The van der Waals surface area contributed by atoms with E-state index < -0.39 is 48.4 Å². The van der Waals surface area contributed by atoms with Gasteiger partial charge in [-0.3, -0.25) is 14.4 Å². The first-order valence-corrected chi connectivity index (χ1v) is 8.43. The number of benzene rings is 1. The van der Waals surface area contributed by atoms with Gasteiger partial charge in [-0.2, -0.15) is 0 Å². The Morgan fingerprint density at radius 3 is 2.00 bits per heavy atom. The summed E-state index contributed by atoms with van der Waals surface area (Å²) in [6, 6.07) is 4.69. The molecule has 1 rings (SSSR count). The third-order valence-corrected chi connectivity index (χ3v) is 3.79. The van der Waals surface area contributed by atoms with Crippen LogP contribution in [0.25, 0.3) is 0 Å². The number of carbonyl (C=O) groups is 4. The fourth-order valence-corrected chi connectivity index (χ4v) is 2.38. The Balaban J connectivity index is 3.07. The van der Waals surface area contributed by atoms with Crippen LogP contribution in [0.4, 0.5) is 0 Å². The van der Waals surface area contributed by atoms with Crippen LogP contribution in [0, 0.1) is 5.92 Å². The molecule has 0 unspecified atom stereocenters. The van der Waals surface area contributed by atoms with Gasteiger partial charge in [0, 0.05) is 6.92 Å². The molecule has 9 heteroatoms. The van der Waals surface area contributed by atoms with Crippen molar-refractivity contribution in [1.29, 1.82) is 0 Å². The van der Waals surface area contributed by atoms with Crippen molar-refractivity contribution < 1.29 is 29.4 Å². The molecule has 0 spiro atoms. The van der Waals surface area contributed by atoms with Crippen LogP contribution in [0.3, 0.4) is 0 Å². The van der Waals surface area contributed by atoms with Crippen LogP contribution in [0.15, 0.2) is 30.3 Å². The van der Waals surface area contributed by atoms with Crippen LogP contribution < -0.4 is 16.0 Å². The third kappa shape index (κ3) is 6.70. The van der Waals surface area contributed by atoms with Crippen LogP contribution in [-0.2, 0) is 19.2 Å². The first-order chi connectivity index (χ1) is 12.7. The molecule has 1 aromatic carbocycles. The maximum Gasteiger partial charge on any atom is 0.326 e. The molecule has 5 N–H and O–H groups in total. The molecule has 0 aromatic heterocycles. The van der Waals surface area contributed by atoms with Gasteiger partial charge in [0.05, 0.1) is 6.61 Å². The van der Waals surface area contributed by atoms with Gasteiger partial charge in [0.25, 0.3) is 0 Å². The Kier molecular flexibility index (Phi) is 8.40. The Bertz CT molecular complexity index is 677. The van der Waals surface area contributed by atoms with Crippen LogP contribution >= 0.6 is 0 Å². The summed E-state index contributed by atoms with van der Waals surface area (Å²) in [5.74, 6) is -3.56. The molecular formula is C18H25N3O6. The van der Waals surface area contributed by atoms with Gasteiger partial charge in [-0.1, -0.05) is 44.2 Å². The highest BCUT2D eigenvalue weighted by Crippen LogP contribution is 2.14. The Labute approximate surface area is 157 Å². The second-order valence-corrected chi connectivity index (χ2v) is 6.36. The molecule has 0 bridgehead atoms. The smallest absolute Gasteiger partial charge is 0.326 e. The molecule has 0 radical (unpaired) electrons. The molecule has 0 saturated heterocycles.